The second-order valence-electron chi connectivity index (χ2n) is 8.18. The van der Waals surface area contributed by atoms with E-state index in [4.69, 9.17) is 14.6 Å². The number of rotatable bonds is 2. The van der Waals surface area contributed by atoms with Crippen LogP contribution >= 0.6 is 0 Å². The van der Waals surface area contributed by atoms with Crippen LogP contribution in [0.4, 0.5) is 0 Å². The van der Waals surface area contributed by atoms with Crippen LogP contribution < -0.4 is 0 Å². The highest BCUT2D eigenvalue weighted by molar-refractivity contribution is 6.01. The van der Waals surface area contributed by atoms with Gasteiger partial charge in [-0.05, 0) is 5.56 Å². The fourth-order valence-corrected chi connectivity index (χ4v) is 5.26. The number of hydrogen-bond acceptors (Lipinski definition) is 5. The Morgan fingerprint density at radius 2 is 2.03 bits per heavy atom. The molecule has 2 amide bonds. The molecule has 3 fully saturated rings. The van der Waals surface area contributed by atoms with Crippen molar-refractivity contribution in [1.29, 1.82) is 0 Å². The van der Waals surface area contributed by atoms with Gasteiger partial charge in [-0.3, -0.25) is 14.4 Å². The Morgan fingerprint density at radius 1 is 1.28 bits per heavy atom. The average molecular weight is 437 g/mol. The number of ether oxygens (including phenoxy) is 1. The van der Waals surface area contributed by atoms with Gasteiger partial charge in [-0.15, -0.1) is 0 Å². The van der Waals surface area contributed by atoms with Crippen LogP contribution in [0, 0.1) is 0 Å². The van der Waals surface area contributed by atoms with E-state index in [0.717, 1.165) is 11.2 Å². The summed E-state index contributed by atoms with van der Waals surface area (Å²) in [6.07, 6.45) is 6.09. The third-order valence-corrected chi connectivity index (χ3v) is 6.63. The highest BCUT2D eigenvalue weighted by atomic mass is 16.5. The number of imidazole rings is 1. The van der Waals surface area contributed by atoms with E-state index in [1.165, 1.54) is 0 Å². The number of fused-ring (bicyclic) bond motifs is 1. The minimum atomic E-state index is -0.715. The summed E-state index contributed by atoms with van der Waals surface area (Å²) in [7, 11) is 1.89. The van der Waals surface area contributed by atoms with Crippen LogP contribution in [0.25, 0.3) is 5.65 Å². The van der Waals surface area contributed by atoms with Crippen molar-refractivity contribution in [2.75, 3.05) is 13.1 Å². The SMILES string of the molecule is Cn1ccn2ncc(C(=O)N3CC[C@@]45O[C@H](c6ccccc6)CN4C(=O)C[C@@H]35)c12.O=CO. The first-order valence-corrected chi connectivity index (χ1v) is 10.4. The molecule has 0 saturated carbocycles. The van der Waals surface area contributed by atoms with E-state index in [9.17, 15) is 9.59 Å². The van der Waals surface area contributed by atoms with E-state index in [1.54, 1.807) is 10.7 Å². The molecule has 1 aromatic carbocycles. The van der Waals surface area contributed by atoms with Gasteiger partial charge < -0.3 is 24.2 Å². The summed E-state index contributed by atoms with van der Waals surface area (Å²) in [5.74, 6) is -0.0324. The second kappa shape index (κ2) is 7.49. The van der Waals surface area contributed by atoms with Crippen LogP contribution in [0.2, 0.25) is 0 Å². The summed E-state index contributed by atoms with van der Waals surface area (Å²) in [6, 6.07) is 9.72. The van der Waals surface area contributed by atoms with E-state index in [0.29, 0.717) is 31.5 Å². The maximum Gasteiger partial charge on any atom is 0.290 e. The Kier molecular flexibility index (Phi) is 4.74. The number of hydrogen-bond donors (Lipinski definition) is 1. The van der Waals surface area contributed by atoms with E-state index in [-0.39, 0.29) is 30.4 Å². The van der Waals surface area contributed by atoms with Crippen LogP contribution in [0.5, 0.6) is 0 Å². The van der Waals surface area contributed by atoms with E-state index in [2.05, 4.69) is 5.10 Å². The number of amides is 2. The predicted molar refractivity (Wildman–Crippen MR) is 112 cm³/mol. The number of likely N-dealkylation sites (tertiary alicyclic amines) is 1. The molecule has 3 saturated heterocycles. The van der Waals surface area contributed by atoms with Gasteiger partial charge in [-0.2, -0.15) is 5.10 Å². The molecule has 32 heavy (non-hydrogen) atoms. The van der Waals surface area contributed by atoms with Gasteiger partial charge in [0.15, 0.2) is 5.72 Å². The zero-order valence-corrected chi connectivity index (χ0v) is 17.5. The maximum atomic E-state index is 13.4. The molecule has 10 heteroatoms. The average Bonchev–Trinajstić information content (AvgIpc) is 3.57. The molecular formula is C22H23N5O5. The van der Waals surface area contributed by atoms with Crippen molar-refractivity contribution < 1.29 is 24.2 Å². The minimum Gasteiger partial charge on any atom is -0.483 e. The van der Waals surface area contributed by atoms with E-state index < -0.39 is 5.72 Å². The molecule has 1 spiro atoms. The molecule has 10 nitrogen and oxygen atoms in total. The summed E-state index contributed by atoms with van der Waals surface area (Å²) in [4.78, 5) is 38.3. The molecule has 3 aliphatic heterocycles. The summed E-state index contributed by atoms with van der Waals surface area (Å²) >= 11 is 0. The number of carbonyl (C=O) groups excluding carboxylic acids is 2. The Morgan fingerprint density at radius 3 is 2.78 bits per heavy atom. The van der Waals surface area contributed by atoms with Gasteiger partial charge in [-0.1, -0.05) is 30.3 Å². The first kappa shape index (κ1) is 20.3. The molecule has 3 atom stereocenters. The smallest absolute Gasteiger partial charge is 0.290 e. The standard InChI is InChI=1S/C21H21N5O3.CH2O2/c1-23-9-10-26-19(23)15(12-22-26)20(28)24-8-7-21-17(24)11-18(27)25(21)13-16(29-21)14-5-3-2-4-6-14;2-1-3/h2-6,9-10,12,16-17H,7-8,11,13H2,1H3;1H,(H,2,3)/t16-,17+,21-;/m0./s1. The third-order valence-electron chi connectivity index (χ3n) is 6.63. The molecule has 6 rings (SSSR count). The van der Waals surface area contributed by atoms with Crippen LogP contribution in [-0.2, 0) is 21.4 Å². The van der Waals surface area contributed by atoms with Crippen LogP contribution in [0.1, 0.15) is 34.9 Å². The molecule has 0 radical (unpaired) electrons. The summed E-state index contributed by atoms with van der Waals surface area (Å²) in [5, 5.41) is 11.2. The van der Waals surface area contributed by atoms with Gasteiger partial charge in [0, 0.05) is 32.4 Å². The molecule has 3 aliphatic rings. The summed E-state index contributed by atoms with van der Waals surface area (Å²) in [6.45, 7) is 0.855. The normalized spacial score (nSPS) is 26.1. The lowest BCUT2D eigenvalue weighted by Gasteiger charge is -2.31. The van der Waals surface area contributed by atoms with Gasteiger partial charge in [0.1, 0.15) is 17.3 Å². The van der Waals surface area contributed by atoms with Gasteiger partial charge in [-0.25, -0.2) is 4.52 Å². The highest BCUT2D eigenvalue weighted by Crippen LogP contribution is 2.50. The number of aromatic nitrogens is 3. The molecule has 0 aliphatic carbocycles. The third kappa shape index (κ3) is 2.83. The molecule has 1 N–H and O–H groups in total. The lowest BCUT2D eigenvalue weighted by Crippen LogP contribution is -2.48. The number of nitrogens with zero attached hydrogens (tertiary/aromatic N) is 5. The van der Waals surface area contributed by atoms with Crippen LogP contribution in [0.15, 0.2) is 48.9 Å². The Labute approximate surface area is 183 Å². The van der Waals surface area contributed by atoms with Gasteiger partial charge >= 0.3 is 0 Å². The summed E-state index contributed by atoms with van der Waals surface area (Å²) < 4.78 is 10.1. The zero-order chi connectivity index (χ0) is 22.5. The Balaban J connectivity index is 0.000000684. The van der Waals surface area contributed by atoms with Gasteiger partial charge in [0.05, 0.1) is 25.2 Å². The fourth-order valence-electron chi connectivity index (χ4n) is 5.26. The number of aryl methyl sites for hydroxylation is 1. The Bertz CT molecular complexity index is 1190. The monoisotopic (exact) mass is 437 g/mol. The Hall–Kier alpha value is -3.66. The first-order valence-electron chi connectivity index (χ1n) is 10.4. The van der Waals surface area contributed by atoms with E-state index >= 15 is 0 Å². The molecule has 0 bridgehead atoms. The molecule has 166 valence electrons. The maximum absolute atomic E-state index is 13.4. The lowest BCUT2D eigenvalue weighted by atomic mass is 10.1. The highest BCUT2D eigenvalue weighted by Gasteiger charge is 2.65. The van der Waals surface area contributed by atoms with Crippen molar-refractivity contribution in [2.45, 2.75) is 30.7 Å². The zero-order valence-electron chi connectivity index (χ0n) is 17.5. The molecule has 3 aromatic rings. The number of carboxylic acid groups (broad SMARTS) is 1. The van der Waals surface area contributed by atoms with Crippen LogP contribution in [0.3, 0.4) is 0 Å². The topological polar surface area (TPSA) is 109 Å². The molecule has 5 heterocycles. The van der Waals surface area contributed by atoms with Gasteiger partial charge in [0.2, 0.25) is 5.91 Å². The molecular weight excluding hydrogens is 414 g/mol. The van der Waals surface area contributed by atoms with Crippen LogP contribution in [-0.4, -0.2) is 72.2 Å². The molecule has 0 unspecified atom stereocenters. The van der Waals surface area contributed by atoms with Crippen molar-refractivity contribution in [1.82, 2.24) is 24.0 Å². The quantitative estimate of drug-likeness (QED) is 0.605. The fraction of sp³-hybridized carbons (Fsp3) is 0.364. The minimum absolute atomic E-state index is 0.0601. The predicted octanol–water partition coefficient (Wildman–Crippen LogP) is 1.29. The largest absolute Gasteiger partial charge is 0.483 e. The lowest BCUT2D eigenvalue weighted by molar-refractivity contribution is -0.138. The van der Waals surface area contributed by atoms with Crippen molar-refractivity contribution >= 4 is 23.9 Å². The van der Waals surface area contributed by atoms with Crippen molar-refractivity contribution in [3.63, 3.8) is 0 Å². The van der Waals surface area contributed by atoms with Crippen molar-refractivity contribution in [3.8, 4) is 0 Å². The second-order valence-corrected chi connectivity index (χ2v) is 8.18. The number of carbonyl (C=O) groups is 3. The van der Waals surface area contributed by atoms with Crippen molar-refractivity contribution in [2.24, 2.45) is 7.05 Å². The first-order chi connectivity index (χ1) is 15.5. The summed E-state index contributed by atoms with van der Waals surface area (Å²) in [5.41, 5.74) is 1.66. The van der Waals surface area contributed by atoms with Crippen molar-refractivity contribution in [3.05, 3.63) is 60.0 Å². The number of benzene rings is 1. The molecule has 2 aromatic heterocycles. The van der Waals surface area contributed by atoms with Gasteiger partial charge in [0.25, 0.3) is 12.4 Å². The van der Waals surface area contributed by atoms with E-state index in [1.807, 2.05) is 64.1 Å².